The van der Waals surface area contributed by atoms with E-state index in [4.69, 9.17) is 4.74 Å². The molecule has 4 unspecified atom stereocenters. The molecule has 5 nitrogen and oxygen atoms in total. The van der Waals surface area contributed by atoms with E-state index in [0.29, 0.717) is 24.0 Å². The van der Waals surface area contributed by atoms with Crippen LogP contribution in [-0.4, -0.2) is 34.3 Å². The van der Waals surface area contributed by atoms with Crippen LogP contribution in [0.1, 0.15) is 74.1 Å². The molecule has 6 rings (SSSR count). The van der Waals surface area contributed by atoms with Gasteiger partial charge in [0, 0.05) is 25.2 Å². The van der Waals surface area contributed by atoms with E-state index in [-0.39, 0.29) is 17.9 Å². The number of fused-ring (bicyclic) bond motifs is 6. The topological polar surface area (TPSA) is 63.7 Å². The molecule has 3 aliphatic carbocycles. The van der Waals surface area contributed by atoms with Gasteiger partial charge in [-0.2, -0.15) is 0 Å². The average Bonchev–Trinajstić information content (AvgIpc) is 3.45. The van der Waals surface area contributed by atoms with E-state index in [1.165, 1.54) is 27.2 Å². The maximum Gasteiger partial charge on any atom is 0.417 e. The maximum atomic E-state index is 12.2. The first-order valence-corrected chi connectivity index (χ1v) is 11.9. The molecule has 33 heavy (non-hydrogen) atoms. The summed E-state index contributed by atoms with van der Waals surface area (Å²) in [5.74, 6) is 1.66. The molecule has 2 fully saturated rings. The molecule has 4 aliphatic rings. The Balaban J connectivity index is 0.000000151. The summed E-state index contributed by atoms with van der Waals surface area (Å²) in [7, 11) is 0. The molecule has 2 aromatic rings. The Morgan fingerprint density at radius 3 is 2.09 bits per heavy atom. The molecule has 4 atom stereocenters. The number of imide groups is 1. The van der Waals surface area contributed by atoms with Crippen LogP contribution in [0.2, 0.25) is 0 Å². The Kier molecular flexibility index (Phi) is 5.38. The number of amides is 2. The lowest BCUT2D eigenvalue weighted by molar-refractivity contribution is -0.128. The predicted molar refractivity (Wildman–Crippen MR) is 125 cm³/mol. The third-order valence-corrected chi connectivity index (χ3v) is 7.38. The fourth-order valence-corrected chi connectivity index (χ4v) is 6.07. The molecular weight excluding hydrogens is 414 g/mol. The number of ketones is 1. The van der Waals surface area contributed by atoms with Crippen molar-refractivity contribution < 1.29 is 19.1 Å². The zero-order valence-electron chi connectivity index (χ0n) is 19.5. The lowest BCUT2D eigenvalue weighted by Gasteiger charge is -2.26. The molecular formula is C28H31NO4. The zero-order valence-corrected chi connectivity index (χ0v) is 19.5. The monoisotopic (exact) mass is 445 g/mol. The molecule has 172 valence electrons. The van der Waals surface area contributed by atoms with E-state index in [1.54, 1.807) is 0 Å². The van der Waals surface area contributed by atoms with E-state index in [9.17, 15) is 14.4 Å². The number of hydrogen-bond acceptors (Lipinski definition) is 4. The van der Waals surface area contributed by atoms with Crippen molar-refractivity contribution in [2.75, 3.05) is 0 Å². The van der Waals surface area contributed by atoms with Gasteiger partial charge in [-0.3, -0.25) is 9.59 Å². The third kappa shape index (κ3) is 4.09. The lowest BCUT2D eigenvalue weighted by atomic mass is 9.97. The van der Waals surface area contributed by atoms with Crippen LogP contribution in [0.3, 0.4) is 0 Å². The number of benzene rings is 2. The minimum absolute atomic E-state index is 0.0743. The molecule has 5 heteroatoms. The molecule has 1 saturated heterocycles. The predicted octanol–water partition coefficient (Wildman–Crippen LogP) is 5.17. The van der Waals surface area contributed by atoms with Crippen molar-refractivity contribution in [1.82, 2.24) is 4.90 Å². The standard InChI is InChI=1S/C16H19NO3.C12H12O/c1-16(2,3)20-15(19)17-13-8-10-6-4-5-7-11(10)12(13)9-14(17)18;13-10-6-9-5-8-3-1-2-4-11(8)12(9)7-10/h4-7,12-13H,8-9H2,1-3H3;1-4,9,12H,5-7H2. The fraction of sp³-hybridized carbons (Fsp3) is 0.464. The summed E-state index contributed by atoms with van der Waals surface area (Å²) in [5, 5.41) is 0. The van der Waals surface area contributed by atoms with Crippen molar-refractivity contribution in [1.29, 1.82) is 0 Å². The van der Waals surface area contributed by atoms with Gasteiger partial charge in [0.25, 0.3) is 0 Å². The summed E-state index contributed by atoms with van der Waals surface area (Å²) in [4.78, 5) is 37.0. The van der Waals surface area contributed by atoms with Crippen LogP contribution in [0.4, 0.5) is 4.79 Å². The van der Waals surface area contributed by atoms with Crippen molar-refractivity contribution in [2.45, 2.75) is 76.4 Å². The first-order chi connectivity index (χ1) is 15.7. The molecule has 0 bridgehead atoms. The zero-order chi connectivity index (χ0) is 23.3. The van der Waals surface area contributed by atoms with Crippen LogP contribution in [0.5, 0.6) is 0 Å². The first kappa shape index (κ1) is 21.9. The molecule has 0 aromatic heterocycles. The number of Topliss-reactive ketones (excluding diaryl/α,β-unsaturated/α-hetero) is 1. The van der Waals surface area contributed by atoms with Gasteiger partial charge < -0.3 is 4.74 Å². The second-order valence-corrected chi connectivity index (χ2v) is 10.7. The molecule has 0 radical (unpaired) electrons. The Bertz CT molecular complexity index is 1110. The van der Waals surface area contributed by atoms with Crippen LogP contribution in [0.15, 0.2) is 48.5 Å². The first-order valence-electron chi connectivity index (χ1n) is 11.9. The Hall–Kier alpha value is -2.95. The maximum absolute atomic E-state index is 12.2. The second kappa shape index (κ2) is 8.12. The highest BCUT2D eigenvalue weighted by molar-refractivity contribution is 5.95. The minimum Gasteiger partial charge on any atom is -0.443 e. The van der Waals surface area contributed by atoms with Gasteiger partial charge in [-0.25, -0.2) is 9.69 Å². The number of likely N-dealkylation sites (tertiary alicyclic amines) is 1. The summed E-state index contributed by atoms with van der Waals surface area (Å²) < 4.78 is 5.37. The number of ether oxygens (including phenoxy) is 1. The summed E-state index contributed by atoms with van der Waals surface area (Å²) in [6.45, 7) is 5.44. The molecule has 2 amide bonds. The Morgan fingerprint density at radius 1 is 0.818 bits per heavy atom. The number of carbonyl (C=O) groups is 3. The van der Waals surface area contributed by atoms with E-state index in [1.807, 2.05) is 32.9 Å². The largest absolute Gasteiger partial charge is 0.443 e. The third-order valence-electron chi connectivity index (χ3n) is 7.38. The van der Waals surface area contributed by atoms with Crippen LogP contribution in [0, 0.1) is 5.92 Å². The Morgan fingerprint density at radius 2 is 1.42 bits per heavy atom. The van der Waals surface area contributed by atoms with Gasteiger partial charge in [0.2, 0.25) is 5.91 Å². The normalized spacial score (nSPS) is 26.8. The number of nitrogens with zero attached hydrogens (tertiary/aromatic N) is 1. The van der Waals surface area contributed by atoms with Crippen molar-refractivity contribution in [2.24, 2.45) is 5.92 Å². The molecule has 2 aromatic carbocycles. The SMILES string of the molecule is CC(C)(C)OC(=O)N1C(=O)CC2c3ccccc3CC21.O=C1CC2Cc3ccccc3C2C1. The lowest BCUT2D eigenvalue weighted by Crippen LogP contribution is -2.43. The number of carbonyl (C=O) groups excluding carboxylic acids is 3. The molecule has 1 aliphatic heterocycles. The summed E-state index contributed by atoms with van der Waals surface area (Å²) in [5.41, 5.74) is 4.78. The Labute approximate surface area is 195 Å². The van der Waals surface area contributed by atoms with Gasteiger partial charge >= 0.3 is 6.09 Å². The van der Waals surface area contributed by atoms with Crippen LogP contribution in [-0.2, 0) is 27.2 Å². The summed E-state index contributed by atoms with van der Waals surface area (Å²) in [6.07, 6.45) is 3.38. The highest BCUT2D eigenvalue weighted by atomic mass is 16.6. The van der Waals surface area contributed by atoms with E-state index in [2.05, 4.69) is 36.4 Å². The van der Waals surface area contributed by atoms with Gasteiger partial charge in [0.05, 0.1) is 6.04 Å². The van der Waals surface area contributed by atoms with Crippen LogP contribution in [0.25, 0.3) is 0 Å². The highest BCUT2D eigenvalue weighted by Gasteiger charge is 2.49. The van der Waals surface area contributed by atoms with E-state index >= 15 is 0 Å². The number of rotatable bonds is 0. The smallest absolute Gasteiger partial charge is 0.417 e. The van der Waals surface area contributed by atoms with Gasteiger partial charge in [-0.15, -0.1) is 0 Å². The van der Waals surface area contributed by atoms with Crippen molar-refractivity contribution >= 4 is 17.8 Å². The van der Waals surface area contributed by atoms with Gasteiger partial charge in [0.1, 0.15) is 11.4 Å². The second-order valence-electron chi connectivity index (χ2n) is 10.7. The molecule has 1 saturated carbocycles. The molecule has 0 N–H and O–H groups in total. The van der Waals surface area contributed by atoms with Crippen LogP contribution < -0.4 is 0 Å². The van der Waals surface area contributed by atoms with Crippen molar-refractivity contribution in [3.8, 4) is 0 Å². The summed E-state index contributed by atoms with van der Waals surface area (Å²) in [6, 6.07) is 16.6. The van der Waals surface area contributed by atoms with Crippen molar-refractivity contribution in [3.63, 3.8) is 0 Å². The van der Waals surface area contributed by atoms with Gasteiger partial charge in [0.15, 0.2) is 0 Å². The van der Waals surface area contributed by atoms with Gasteiger partial charge in [-0.1, -0.05) is 48.5 Å². The van der Waals surface area contributed by atoms with E-state index < -0.39 is 11.7 Å². The number of hydrogen-bond donors (Lipinski definition) is 0. The van der Waals surface area contributed by atoms with Crippen LogP contribution >= 0.6 is 0 Å². The fourth-order valence-electron chi connectivity index (χ4n) is 6.07. The average molecular weight is 446 g/mol. The minimum atomic E-state index is -0.582. The van der Waals surface area contributed by atoms with Crippen molar-refractivity contribution in [3.05, 3.63) is 70.8 Å². The van der Waals surface area contributed by atoms with E-state index in [0.717, 1.165) is 25.7 Å². The quantitative estimate of drug-likeness (QED) is 0.561. The van der Waals surface area contributed by atoms with Gasteiger partial charge in [-0.05, 0) is 67.7 Å². The highest BCUT2D eigenvalue weighted by Crippen LogP contribution is 2.46. The summed E-state index contributed by atoms with van der Waals surface area (Å²) >= 11 is 0. The molecule has 1 heterocycles. The molecule has 0 spiro atoms.